The molecule has 0 amide bonds. The summed E-state index contributed by atoms with van der Waals surface area (Å²) in [5.41, 5.74) is 4.26. The minimum atomic E-state index is 0.585. The molecule has 0 aliphatic heterocycles. The molecule has 3 heterocycles. The topological polar surface area (TPSA) is 72.6 Å². The molecule has 1 aromatic carbocycles. The van der Waals surface area contributed by atoms with E-state index in [9.17, 15) is 0 Å². The third kappa shape index (κ3) is 2.46. The fraction of sp³-hybridized carbons (Fsp3) is 0.188. The van der Waals surface area contributed by atoms with Crippen LogP contribution in [0.5, 0.6) is 0 Å². The molecule has 0 spiro atoms. The van der Waals surface area contributed by atoms with Crippen molar-refractivity contribution in [3.8, 4) is 0 Å². The van der Waals surface area contributed by atoms with Crippen LogP contribution in [0.1, 0.15) is 5.69 Å². The molecule has 114 valence electrons. The van der Waals surface area contributed by atoms with Crippen LogP contribution in [0.2, 0.25) is 0 Å². The Hall–Kier alpha value is -3.09. The molecule has 0 radical (unpaired) electrons. The summed E-state index contributed by atoms with van der Waals surface area (Å²) < 4.78 is 1.88. The number of rotatable bonds is 3. The first-order chi connectivity index (χ1) is 11.2. The molecule has 0 saturated carbocycles. The van der Waals surface area contributed by atoms with E-state index >= 15 is 0 Å². The summed E-state index contributed by atoms with van der Waals surface area (Å²) in [4.78, 5) is 24.2. The summed E-state index contributed by atoms with van der Waals surface area (Å²) in [6.45, 7) is 0.585. The fourth-order valence-electron chi connectivity index (χ4n) is 2.48. The monoisotopic (exact) mass is 305 g/mol. The molecule has 0 N–H and O–H groups in total. The number of anilines is 1. The van der Waals surface area contributed by atoms with Gasteiger partial charge in [-0.2, -0.15) is 4.98 Å². The highest BCUT2D eigenvalue weighted by atomic mass is 15.3. The molecule has 0 saturated heterocycles. The third-order valence-corrected chi connectivity index (χ3v) is 3.68. The number of aryl methyl sites for hydroxylation is 1. The molecule has 7 nitrogen and oxygen atoms in total. The molecule has 0 bridgehead atoms. The number of fused-ring (bicyclic) bond motifs is 2. The third-order valence-electron chi connectivity index (χ3n) is 3.68. The lowest BCUT2D eigenvalue weighted by Gasteiger charge is -2.16. The number of hydrogen-bond donors (Lipinski definition) is 0. The molecule has 0 unspecified atom stereocenters. The van der Waals surface area contributed by atoms with Gasteiger partial charge < -0.3 is 9.47 Å². The van der Waals surface area contributed by atoms with Crippen LogP contribution in [-0.2, 0) is 13.6 Å². The molecule has 0 aliphatic rings. The Morgan fingerprint density at radius 2 is 1.78 bits per heavy atom. The van der Waals surface area contributed by atoms with Crippen LogP contribution in [0.3, 0.4) is 0 Å². The van der Waals surface area contributed by atoms with Crippen molar-refractivity contribution in [1.29, 1.82) is 0 Å². The van der Waals surface area contributed by atoms with Gasteiger partial charge >= 0.3 is 0 Å². The molecule has 4 aromatic rings. The number of imidazole rings is 1. The quantitative estimate of drug-likeness (QED) is 0.576. The first kappa shape index (κ1) is 13.6. The second kappa shape index (κ2) is 5.28. The van der Waals surface area contributed by atoms with Gasteiger partial charge in [0.05, 0.1) is 42.0 Å². The minimum Gasteiger partial charge on any atom is -0.338 e. The SMILES string of the molecule is CN(Cc1cnc2ccccc2n1)c1ncc2ncn(C)c2n1. The second-order valence-corrected chi connectivity index (χ2v) is 5.44. The van der Waals surface area contributed by atoms with Crippen molar-refractivity contribution in [2.75, 3.05) is 11.9 Å². The average Bonchev–Trinajstić information content (AvgIpc) is 2.95. The van der Waals surface area contributed by atoms with E-state index in [0.717, 1.165) is 27.9 Å². The van der Waals surface area contributed by atoms with E-state index in [4.69, 9.17) is 0 Å². The lowest BCUT2D eigenvalue weighted by Crippen LogP contribution is -2.20. The average molecular weight is 305 g/mol. The summed E-state index contributed by atoms with van der Waals surface area (Å²) in [6.07, 6.45) is 5.26. The predicted molar refractivity (Wildman–Crippen MR) is 87.9 cm³/mol. The Bertz CT molecular complexity index is 992. The first-order valence-corrected chi connectivity index (χ1v) is 7.26. The molecule has 23 heavy (non-hydrogen) atoms. The zero-order valence-corrected chi connectivity index (χ0v) is 12.9. The maximum atomic E-state index is 4.63. The van der Waals surface area contributed by atoms with E-state index < -0.39 is 0 Å². The standard InChI is InChI=1S/C16H15N7/c1-22(16-18-8-14-15(21-16)23(2)10-19-14)9-11-7-17-12-5-3-4-6-13(12)20-11/h3-8,10H,9H2,1-2H3. The maximum Gasteiger partial charge on any atom is 0.227 e. The lowest BCUT2D eigenvalue weighted by atomic mass is 10.3. The van der Waals surface area contributed by atoms with Crippen LogP contribution in [0.4, 0.5) is 5.95 Å². The van der Waals surface area contributed by atoms with Gasteiger partial charge in [-0.1, -0.05) is 12.1 Å². The van der Waals surface area contributed by atoms with E-state index in [1.165, 1.54) is 0 Å². The molecule has 3 aromatic heterocycles. The Balaban J connectivity index is 1.64. The fourth-order valence-corrected chi connectivity index (χ4v) is 2.48. The van der Waals surface area contributed by atoms with Crippen LogP contribution in [0.25, 0.3) is 22.2 Å². The highest BCUT2D eigenvalue weighted by molar-refractivity contribution is 5.73. The van der Waals surface area contributed by atoms with Gasteiger partial charge in [0.1, 0.15) is 5.52 Å². The van der Waals surface area contributed by atoms with Gasteiger partial charge in [0.15, 0.2) is 5.65 Å². The molecule has 0 fully saturated rings. The van der Waals surface area contributed by atoms with Crippen molar-refractivity contribution in [3.05, 3.63) is 48.7 Å². The van der Waals surface area contributed by atoms with Gasteiger partial charge in [-0.25, -0.2) is 15.0 Å². The van der Waals surface area contributed by atoms with E-state index in [2.05, 4.69) is 24.9 Å². The first-order valence-electron chi connectivity index (χ1n) is 7.26. The van der Waals surface area contributed by atoms with Crippen LogP contribution >= 0.6 is 0 Å². The van der Waals surface area contributed by atoms with Crippen molar-refractivity contribution < 1.29 is 0 Å². The number of hydrogen-bond acceptors (Lipinski definition) is 6. The Kier molecular flexibility index (Phi) is 3.11. The zero-order valence-electron chi connectivity index (χ0n) is 12.9. The highest BCUT2D eigenvalue weighted by Gasteiger charge is 2.10. The molecule has 7 heteroatoms. The van der Waals surface area contributed by atoms with Gasteiger partial charge in [0.2, 0.25) is 5.95 Å². The lowest BCUT2D eigenvalue weighted by molar-refractivity contribution is 0.838. The van der Waals surface area contributed by atoms with E-state index in [1.807, 2.05) is 47.8 Å². The van der Waals surface area contributed by atoms with Gasteiger partial charge in [-0.3, -0.25) is 4.98 Å². The molecular formula is C16H15N7. The normalized spacial score (nSPS) is 11.2. The van der Waals surface area contributed by atoms with E-state index in [0.29, 0.717) is 12.5 Å². The van der Waals surface area contributed by atoms with Gasteiger partial charge in [-0.15, -0.1) is 0 Å². The summed E-state index contributed by atoms with van der Waals surface area (Å²) in [7, 11) is 3.86. The second-order valence-electron chi connectivity index (χ2n) is 5.44. The number of nitrogens with zero attached hydrogens (tertiary/aromatic N) is 7. The van der Waals surface area contributed by atoms with Gasteiger partial charge in [-0.05, 0) is 12.1 Å². The largest absolute Gasteiger partial charge is 0.338 e. The van der Waals surface area contributed by atoms with Crippen LogP contribution in [-0.4, -0.2) is 36.5 Å². The summed E-state index contributed by atoms with van der Waals surface area (Å²) in [5.74, 6) is 0.635. The van der Waals surface area contributed by atoms with Crippen LogP contribution in [0.15, 0.2) is 43.0 Å². The van der Waals surface area contributed by atoms with Crippen LogP contribution in [0, 0.1) is 0 Å². The Labute approximate surface area is 132 Å². The van der Waals surface area contributed by atoms with Gasteiger partial charge in [0.25, 0.3) is 0 Å². The molecule has 4 rings (SSSR count). The summed E-state index contributed by atoms with van der Waals surface area (Å²) in [5, 5.41) is 0. The molecule has 0 atom stereocenters. The van der Waals surface area contributed by atoms with E-state index in [-0.39, 0.29) is 0 Å². The maximum absolute atomic E-state index is 4.63. The number of para-hydroxylation sites is 2. The summed E-state index contributed by atoms with van der Waals surface area (Å²) in [6, 6.07) is 7.84. The summed E-state index contributed by atoms with van der Waals surface area (Å²) >= 11 is 0. The van der Waals surface area contributed by atoms with Crippen molar-refractivity contribution >= 4 is 28.1 Å². The number of aromatic nitrogens is 6. The van der Waals surface area contributed by atoms with Gasteiger partial charge in [0, 0.05) is 14.1 Å². The minimum absolute atomic E-state index is 0.585. The highest BCUT2D eigenvalue weighted by Crippen LogP contribution is 2.15. The predicted octanol–water partition coefficient (Wildman–Crippen LogP) is 1.94. The van der Waals surface area contributed by atoms with Crippen molar-refractivity contribution in [2.45, 2.75) is 6.54 Å². The Morgan fingerprint density at radius 3 is 2.65 bits per heavy atom. The van der Waals surface area contributed by atoms with Crippen molar-refractivity contribution in [1.82, 2.24) is 29.5 Å². The zero-order chi connectivity index (χ0) is 15.8. The molecule has 0 aliphatic carbocycles. The van der Waals surface area contributed by atoms with Crippen LogP contribution < -0.4 is 4.90 Å². The number of benzene rings is 1. The smallest absolute Gasteiger partial charge is 0.227 e. The Morgan fingerprint density at radius 1 is 0.957 bits per heavy atom. The van der Waals surface area contributed by atoms with E-state index in [1.54, 1.807) is 18.7 Å². The molecular weight excluding hydrogens is 290 g/mol. The van der Waals surface area contributed by atoms with Crippen molar-refractivity contribution in [2.24, 2.45) is 7.05 Å². The van der Waals surface area contributed by atoms with Crippen molar-refractivity contribution in [3.63, 3.8) is 0 Å².